The maximum Gasteiger partial charge on any atom is 0.573 e. The topological polar surface area (TPSA) is 216 Å². The number of carbonyl (C=O) groups excluding carboxylic acids is 4. The van der Waals surface area contributed by atoms with Crippen LogP contribution in [0.4, 0.5) is 18.9 Å². The largest absolute Gasteiger partial charge is 0.573 e. The number of halogens is 3. The third-order valence-electron chi connectivity index (χ3n) is 15.5. The van der Waals surface area contributed by atoms with Crippen LogP contribution in [0, 0.1) is 29.6 Å². The molecule has 1 aromatic rings. The number of nitrogens with zero attached hydrogens (tertiary/aromatic N) is 1. The minimum atomic E-state index is -4.92. The van der Waals surface area contributed by atoms with E-state index in [2.05, 4.69) is 10.1 Å². The molecule has 2 bridgehead atoms. The van der Waals surface area contributed by atoms with E-state index < -0.39 is 96.0 Å². The summed E-state index contributed by atoms with van der Waals surface area (Å²) in [5.74, 6) is -7.69. The zero-order valence-corrected chi connectivity index (χ0v) is 44.4. The van der Waals surface area contributed by atoms with E-state index in [1.165, 1.54) is 30.2 Å². The van der Waals surface area contributed by atoms with Gasteiger partial charge in [0.1, 0.15) is 30.1 Å². The van der Waals surface area contributed by atoms with Crippen LogP contribution < -0.4 is 15.8 Å². The van der Waals surface area contributed by atoms with Crippen molar-refractivity contribution in [1.29, 1.82) is 0 Å². The van der Waals surface area contributed by atoms with Crippen LogP contribution >= 0.6 is 0 Å². The van der Waals surface area contributed by atoms with E-state index in [0.717, 1.165) is 12.0 Å². The van der Waals surface area contributed by atoms with Crippen LogP contribution in [0.5, 0.6) is 5.75 Å². The number of methoxy groups -OCH3 is 2. The molecule has 3 heterocycles. The fraction of sp³-hybridized carbons (Fsp3) is 0.679. The van der Waals surface area contributed by atoms with Gasteiger partial charge < -0.3 is 55.0 Å². The number of aliphatic hydroxyl groups excluding tert-OH is 2. The Morgan fingerprint density at radius 2 is 1.65 bits per heavy atom. The minimum absolute atomic E-state index is 0.0526. The summed E-state index contributed by atoms with van der Waals surface area (Å²) in [6.07, 6.45) is 6.75. The van der Waals surface area contributed by atoms with Crippen molar-refractivity contribution < 1.29 is 71.4 Å². The normalized spacial score (nSPS) is 37.0. The minimum Gasteiger partial charge on any atom is -0.461 e. The number of rotatable bonds is 8. The third kappa shape index (κ3) is 16.8. The Labute approximate surface area is 435 Å². The number of alkyl halides is 3. The Morgan fingerprint density at radius 3 is 2.35 bits per heavy atom. The predicted octanol–water partition coefficient (Wildman–Crippen LogP) is 8.06. The molecule has 15 atom stereocenters. The van der Waals surface area contributed by atoms with Crippen LogP contribution in [-0.4, -0.2) is 131 Å². The van der Waals surface area contributed by atoms with Crippen molar-refractivity contribution in [3.05, 3.63) is 71.9 Å². The van der Waals surface area contributed by atoms with Crippen molar-refractivity contribution in [3.63, 3.8) is 0 Å². The Kier molecular flexibility index (Phi) is 22.5. The smallest absolute Gasteiger partial charge is 0.461 e. The van der Waals surface area contributed by atoms with E-state index in [-0.39, 0.29) is 55.4 Å². The molecule has 0 radical (unpaired) electrons. The van der Waals surface area contributed by atoms with Gasteiger partial charge in [-0.2, -0.15) is 0 Å². The fourth-order valence-electron chi connectivity index (χ4n) is 11.0. The van der Waals surface area contributed by atoms with E-state index in [0.29, 0.717) is 69.0 Å². The molecule has 1 aromatic carbocycles. The Hall–Kier alpha value is -4.43. The second-order valence-electron chi connectivity index (χ2n) is 21.4. The summed E-state index contributed by atoms with van der Waals surface area (Å²) in [5, 5.41) is 37.5. The predicted molar refractivity (Wildman–Crippen MR) is 273 cm³/mol. The van der Waals surface area contributed by atoms with Crippen molar-refractivity contribution in [1.82, 2.24) is 4.90 Å². The van der Waals surface area contributed by atoms with E-state index in [1.807, 2.05) is 39.0 Å². The number of esters is 1. The highest BCUT2D eigenvalue weighted by atomic mass is 19.4. The fourth-order valence-corrected chi connectivity index (χ4v) is 11.0. The van der Waals surface area contributed by atoms with Crippen molar-refractivity contribution in [2.75, 3.05) is 26.1 Å². The lowest BCUT2D eigenvalue weighted by Crippen LogP contribution is -2.61. The number of benzene rings is 1. The maximum atomic E-state index is 14.5. The number of hydrogen-bond donors (Lipinski definition) is 5. The van der Waals surface area contributed by atoms with Crippen LogP contribution in [0.25, 0.3) is 0 Å². The maximum absolute atomic E-state index is 14.5. The second-order valence-corrected chi connectivity index (χ2v) is 21.4. The zero-order valence-electron chi connectivity index (χ0n) is 44.4. The number of anilines is 1. The molecule has 1 aliphatic carbocycles. The van der Waals surface area contributed by atoms with Gasteiger partial charge in [0.25, 0.3) is 11.7 Å². The van der Waals surface area contributed by atoms with Crippen LogP contribution in [0.15, 0.2) is 71.9 Å². The number of cyclic esters (lactones) is 1. The lowest BCUT2D eigenvalue weighted by Gasteiger charge is -2.43. The number of ketones is 2. The summed E-state index contributed by atoms with van der Waals surface area (Å²) in [6, 6.07) is 2.98. The van der Waals surface area contributed by atoms with Gasteiger partial charge in [0, 0.05) is 56.4 Å². The van der Waals surface area contributed by atoms with Crippen molar-refractivity contribution in [3.8, 4) is 5.75 Å². The number of carbonyl (C=O) groups is 4. The molecule has 0 spiro atoms. The first-order valence-electron chi connectivity index (χ1n) is 26.4. The number of allylic oxidation sites excluding steroid dienone is 5. The van der Waals surface area contributed by atoms with E-state index >= 15 is 0 Å². The standard InChI is InChI=1S/C56H82F3N3O12/c1-33-15-10-9-11-16-34(2)44(61-41-17-14-18-42(31-41)74-56(57,58)59)32-43-23-20-38(6)55(69,73-43)52(66)53(67)62-26-13-12-19-45(62)54(68)72-47(35(3)28-39-21-24-46(63)48(30-39)70-7)25-22-40(60)29-37(5)50(65)51(71-8)49(64)36(4)27-33/h9-11,14-18,29,31,33,35-36,38-40,43-48,50-51,61,63,65,69H,12-13,19-28,30,32,60H2,1-8H3/b11-9+,15-10+,34-16+,37-29+/t33-,35-,36-,38?,39+,40+,43+,44?,45+,46-,47+,48-,50-,51+,55-/m1/s1. The Balaban J connectivity index is 1.49. The molecular formula is C56H82F3N3O12. The number of nitrogens with one attached hydrogen (secondary N) is 1. The average molecular weight is 1050 g/mol. The molecule has 4 aliphatic rings. The number of amides is 1. The van der Waals surface area contributed by atoms with Gasteiger partial charge in [-0.15, -0.1) is 13.2 Å². The summed E-state index contributed by atoms with van der Waals surface area (Å²) in [4.78, 5) is 58.4. The van der Waals surface area contributed by atoms with Gasteiger partial charge >= 0.3 is 12.3 Å². The highest BCUT2D eigenvalue weighted by Crippen LogP contribution is 2.38. The molecule has 3 aliphatic heterocycles. The molecule has 6 N–H and O–H groups in total. The quantitative estimate of drug-likeness (QED) is 0.0946. The van der Waals surface area contributed by atoms with E-state index in [1.54, 1.807) is 52.2 Å². The van der Waals surface area contributed by atoms with E-state index in [9.17, 15) is 47.7 Å². The molecule has 1 amide bonds. The van der Waals surface area contributed by atoms with Gasteiger partial charge in [-0.25, -0.2) is 4.79 Å². The monoisotopic (exact) mass is 1050 g/mol. The van der Waals surface area contributed by atoms with Gasteiger partial charge in [-0.1, -0.05) is 75.8 Å². The molecule has 414 valence electrons. The van der Waals surface area contributed by atoms with Crippen molar-refractivity contribution >= 4 is 29.1 Å². The summed E-state index contributed by atoms with van der Waals surface area (Å²) in [5.41, 5.74) is 8.14. The second kappa shape index (κ2) is 27.6. The van der Waals surface area contributed by atoms with Gasteiger partial charge in [-0.05, 0) is 133 Å². The zero-order chi connectivity index (χ0) is 54.5. The number of aliphatic hydroxyl groups is 3. The Morgan fingerprint density at radius 1 is 0.905 bits per heavy atom. The van der Waals surface area contributed by atoms with Gasteiger partial charge in [0.2, 0.25) is 5.79 Å². The molecule has 2 unspecified atom stereocenters. The summed E-state index contributed by atoms with van der Waals surface area (Å²) >= 11 is 0. The number of ether oxygens (including phenoxy) is 5. The first-order chi connectivity index (χ1) is 34.9. The molecule has 0 aromatic heterocycles. The number of nitrogens with two attached hydrogens (primary N) is 1. The summed E-state index contributed by atoms with van der Waals surface area (Å²) in [7, 11) is 2.95. The van der Waals surface area contributed by atoms with Crippen LogP contribution in [0.2, 0.25) is 0 Å². The highest BCUT2D eigenvalue weighted by molar-refractivity contribution is 6.39. The summed E-state index contributed by atoms with van der Waals surface area (Å²) in [6.45, 7) is 10.9. The highest BCUT2D eigenvalue weighted by Gasteiger charge is 2.53. The molecule has 3 fully saturated rings. The lowest BCUT2D eigenvalue weighted by molar-refractivity contribution is -0.274. The SMILES string of the molecule is CO[C@@H]1C[C@H](C[C@@H](C)[C@@H]2CC[C@H](N)/C=C(\C)[C@@H](O)[C@@H](OC)C(=O)[C@H](C)C[C@H](C)/C=C/C=C/C=C(\C)C(Nc3cccc(OC(F)(F)F)c3)C[C@@H]3CCC(C)[C@@](O)(O3)C(=O)C(=O)N3CCCC[C@H]3C(=O)O2)CC[C@H]1O. The average Bonchev–Trinajstić information content (AvgIpc) is 3.35. The lowest BCUT2D eigenvalue weighted by atomic mass is 9.78. The first-order valence-corrected chi connectivity index (χ1v) is 26.4. The van der Waals surface area contributed by atoms with Crippen molar-refractivity contribution in [2.24, 2.45) is 35.3 Å². The first kappa shape index (κ1) is 60.4. The van der Waals surface area contributed by atoms with Gasteiger partial charge in [-0.3, -0.25) is 14.4 Å². The van der Waals surface area contributed by atoms with E-state index in [4.69, 9.17) is 24.7 Å². The number of Topliss-reactive ketones (excluding diaryl/α,β-unsaturated/α-hetero) is 2. The number of fused-ring (bicyclic) bond motifs is 3. The molecule has 1 saturated carbocycles. The number of piperidine rings is 1. The van der Waals surface area contributed by atoms with Crippen LogP contribution in [0.1, 0.15) is 125 Å². The van der Waals surface area contributed by atoms with Crippen molar-refractivity contribution in [2.45, 2.75) is 192 Å². The van der Waals surface area contributed by atoms with Crippen LogP contribution in [-0.2, 0) is 38.1 Å². The molecule has 2 saturated heterocycles. The third-order valence-corrected chi connectivity index (χ3v) is 15.5. The van der Waals surface area contributed by atoms with Crippen LogP contribution in [0.3, 0.4) is 0 Å². The van der Waals surface area contributed by atoms with Gasteiger partial charge in [0.15, 0.2) is 5.78 Å². The molecule has 15 nitrogen and oxygen atoms in total. The molecule has 74 heavy (non-hydrogen) atoms. The number of hydrogen-bond acceptors (Lipinski definition) is 14. The molecular weight excluding hydrogens is 964 g/mol. The molecule has 18 heteroatoms. The Bertz CT molecular complexity index is 2170. The summed E-state index contributed by atoms with van der Waals surface area (Å²) < 4.78 is 67.7. The van der Waals surface area contributed by atoms with Gasteiger partial charge in [0.05, 0.1) is 18.3 Å². The molecule has 5 rings (SSSR count).